The van der Waals surface area contributed by atoms with Crippen molar-refractivity contribution in [3.05, 3.63) is 70.8 Å². The second kappa shape index (κ2) is 12.5. The number of anilines is 1. The minimum absolute atomic E-state index is 0.801. The Labute approximate surface area is 192 Å². The van der Waals surface area contributed by atoms with Crippen molar-refractivity contribution >= 4 is 29.1 Å². The molecule has 162 valence electrons. The quantitative estimate of drug-likeness (QED) is 0.276. The minimum Gasteiger partial charge on any atom is -0.380 e. The Morgan fingerprint density at radius 1 is 1.07 bits per heavy atom. The van der Waals surface area contributed by atoms with Crippen LogP contribution in [0.25, 0.3) is 0 Å². The maximum Gasteiger partial charge on any atom is 0.0640 e. The number of benzene rings is 2. The van der Waals surface area contributed by atoms with Gasteiger partial charge in [0.15, 0.2) is 0 Å². The van der Waals surface area contributed by atoms with Gasteiger partial charge in [0.05, 0.1) is 10.7 Å². The highest BCUT2D eigenvalue weighted by Gasteiger charge is 2.14. The van der Waals surface area contributed by atoms with E-state index in [2.05, 4.69) is 49.2 Å². The molecule has 2 aromatic carbocycles. The summed E-state index contributed by atoms with van der Waals surface area (Å²) >= 11 is 8.61. The summed E-state index contributed by atoms with van der Waals surface area (Å²) in [5, 5.41) is 4.46. The first kappa shape index (κ1) is 23.3. The molecule has 0 aromatic heterocycles. The molecule has 3 rings (SSSR count). The zero-order chi connectivity index (χ0) is 21.2. The second-order valence-corrected chi connectivity index (χ2v) is 9.95. The molecule has 0 radical (unpaired) electrons. The molecule has 0 spiro atoms. The number of thioether (sulfide) groups is 1. The van der Waals surface area contributed by atoms with Gasteiger partial charge in [-0.05, 0) is 72.9 Å². The van der Waals surface area contributed by atoms with Gasteiger partial charge in [0, 0.05) is 17.2 Å². The highest BCUT2D eigenvalue weighted by Crippen LogP contribution is 2.32. The van der Waals surface area contributed by atoms with Gasteiger partial charge >= 0.3 is 0 Å². The number of hydrogen-bond acceptors (Lipinski definition) is 2. The fourth-order valence-electron chi connectivity index (χ4n) is 4.34. The molecule has 1 aliphatic carbocycles. The average molecular weight is 442 g/mol. The van der Waals surface area contributed by atoms with E-state index in [1.165, 1.54) is 59.4 Å². The van der Waals surface area contributed by atoms with Crippen LogP contribution in [0.1, 0.15) is 68.6 Å². The van der Waals surface area contributed by atoms with Crippen LogP contribution >= 0.6 is 23.4 Å². The fraction of sp³-hybridized carbons (Fsp3) is 0.481. The summed E-state index contributed by atoms with van der Waals surface area (Å²) < 4.78 is 0. The highest BCUT2D eigenvalue weighted by atomic mass is 35.5. The SMILES string of the molecule is C=CCCc1ccc(Cl)c(NCc2ccc(SCC3CCCCC3)cc2)c1CCC. The Morgan fingerprint density at radius 2 is 1.83 bits per heavy atom. The Bertz CT molecular complexity index is 793. The predicted octanol–water partition coefficient (Wildman–Crippen LogP) is 8.70. The maximum absolute atomic E-state index is 6.59. The molecule has 2 aromatic rings. The topological polar surface area (TPSA) is 12.0 Å². The molecular weight excluding hydrogens is 406 g/mol. The van der Waals surface area contributed by atoms with Crippen molar-refractivity contribution in [2.75, 3.05) is 11.1 Å². The number of hydrogen-bond donors (Lipinski definition) is 1. The Hall–Kier alpha value is -1.38. The van der Waals surface area contributed by atoms with Crippen LogP contribution in [0, 0.1) is 5.92 Å². The lowest BCUT2D eigenvalue weighted by Gasteiger charge is -2.21. The molecule has 0 unspecified atom stereocenters. The number of halogens is 1. The average Bonchev–Trinajstić information content (AvgIpc) is 2.78. The lowest BCUT2D eigenvalue weighted by molar-refractivity contribution is 0.391. The first-order chi connectivity index (χ1) is 14.7. The van der Waals surface area contributed by atoms with Crippen molar-refractivity contribution < 1.29 is 0 Å². The normalized spacial score (nSPS) is 14.6. The van der Waals surface area contributed by atoms with Crippen molar-refractivity contribution in [1.29, 1.82) is 0 Å². The molecule has 1 aliphatic rings. The van der Waals surface area contributed by atoms with Crippen LogP contribution in [0.15, 0.2) is 53.9 Å². The predicted molar refractivity (Wildman–Crippen MR) is 135 cm³/mol. The maximum atomic E-state index is 6.59. The number of aryl methyl sites for hydroxylation is 1. The Balaban J connectivity index is 1.60. The van der Waals surface area contributed by atoms with Crippen molar-refractivity contribution in [3.8, 4) is 0 Å². The largest absolute Gasteiger partial charge is 0.380 e. The number of nitrogens with one attached hydrogen (secondary N) is 1. The van der Waals surface area contributed by atoms with Gasteiger partial charge in [0.1, 0.15) is 0 Å². The zero-order valence-corrected chi connectivity index (χ0v) is 20.0. The summed E-state index contributed by atoms with van der Waals surface area (Å²) in [4.78, 5) is 1.39. The highest BCUT2D eigenvalue weighted by molar-refractivity contribution is 7.99. The molecule has 3 heteroatoms. The van der Waals surface area contributed by atoms with E-state index in [9.17, 15) is 0 Å². The third-order valence-electron chi connectivity index (χ3n) is 6.08. The van der Waals surface area contributed by atoms with Gasteiger partial charge in [0.2, 0.25) is 0 Å². The molecule has 1 N–H and O–H groups in total. The van der Waals surface area contributed by atoms with E-state index in [0.717, 1.165) is 48.9 Å². The minimum atomic E-state index is 0.801. The van der Waals surface area contributed by atoms with Crippen LogP contribution in [0.3, 0.4) is 0 Å². The van der Waals surface area contributed by atoms with Gasteiger partial charge in [-0.1, -0.05) is 68.5 Å². The van der Waals surface area contributed by atoms with Crippen molar-refractivity contribution in [2.45, 2.75) is 76.2 Å². The van der Waals surface area contributed by atoms with Crippen LogP contribution in [0.5, 0.6) is 0 Å². The molecule has 0 saturated heterocycles. The molecule has 1 nitrogen and oxygen atoms in total. The van der Waals surface area contributed by atoms with Gasteiger partial charge in [0.25, 0.3) is 0 Å². The lowest BCUT2D eigenvalue weighted by atomic mass is 9.91. The van der Waals surface area contributed by atoms with Crippen LogP contribution in [-0.2, 0) is 19.4 Å². The van der Waals surface area contributed by atoms with Gasteiger partial charge < -0.3 is 5.32 Å². The Kier molecular flexibility index (Phi) is 9.68. The van der Waals surface area contributed by atoms with Gasteiger partial charge in [-0.3, -0.25) is 0 Å². The lowest BCUT2D eigenvalue weighted by Crippen LogP contribution is -2.08. The van der Waals surface area contributed by atoms with E-state index in [4.69, 9.17) is 11.6 Å². The summed E-state index contributed by atoms with van der Waals surface area (Å²) in [6, 6.07) is 13.3. The first-order valence-electron chi connectivity index (χ1n) is 11.6. The van der Waals surface area contributed by atoms with E-state index in [1.807, 2.05) is 23.9 Å². The zero-order valence-electron chi connectivity index (χ0n) is 18.4. The van der Waals surface area contributed by atoms with Crippen molar-refractivity contribution in [2.24, 2.45) is 5.92 Å². The smallest absolute Gasteiger partial charge is 0.0640 e. The van der Waals surface area contributed by atoms with Gasteiger partial charge in [-0.25, -0.2) is 0 Å². The van der Waals surface area contributed by atoms with E-state index in [1.54, 1.807) is 0 Å². The van der Waals surface area contributed by atoms with E-state index in [-0.39, 0.29) is 0 Å². The molecule has 30 heavy (non-hydrogen) atoms. The van der Waals surface area contributed by atoms with Crippen molar-refractivity contribution in [3.63, 3.8) is 0 Å². The van der Waals surface area contributed by atoms with Gasteiger partial charge in [-0.2, -0.15) is 0 Å². The first-order valence-corrected chi connectivity index (χ1v) is 12.9. The standard InChI is InChI=1S/C27H36ClNS/c1-3-5-12-23-15-18-26(28)27(25(23)9-4-2)29-19-21-13-16-24(17-14-21)30-20-22-10-7-6-8-11-22/h3,13-18,22,29H,1,4-12,19-20H2,2H3. The summed E-state index contributed by atoms with van der Waals surface area (Å²) in [6.07, 6.45) is 13.3. The van der Waals surface area contributed by atoms with Gasteiger partial charge in [-0.15, -0.1) is 18.3 Å². The van der Waals surface area contributed by atoms with Crippen LogP contribution in [0.2, 0.25) is 5.02 Å². The molecule has 0 atom stereocenters. The summed E-state index contributed by atoms with van der Waals surface area (Å²) in [7, 11) is 0. The molecule has 0 heterocycles. The molecular formula is C27H36ClNS. The third-order valence-corrected chi connectivity index (χ3v) is 7.64. The molecule has 1 saturated carbocycles. The fourth-order valence-corrected chi connectivity index (χ4v) is 5.68. The van der Waals surface area contributed by atoms with Crippen LogP contribution in [0.4, 0.5) is 5.69 Å². The molecule has 0 aliphatic heterocycles. The van der Waals surface area contributed by atoms with E-state index < -0.39 is 0 Å². The summed E-state index contributed by atoms with van der Waals surface area (Å²) in [5.74, 6) is 2.18. The molecule has 0 amide bonds. The van der Waals surface area contributed by atoms with Crippen LogP contribution in [-0.4, -0.2) is 5.75 Å². The monoisotopic (exact) mass is 441 g/mol. The Morgan fingerprint density at radius 3 is 2.53 bits per heavy atom. The van der Waals surface area contributed by atoms with Crippen molar-refractivity contribution in [1.82, 2.24) is 0 Å². The molecule has 1 fully saturated rings. The van der Waals surface area contributed by atoms with E-state index >= 15 is 0 Å². The van der Waals surface area contributed by atoms with E-state index in [0.29, 0.717) is 0 Å². The van der Waals surface area contributed by atoms with Crippen LogP contribution < -0.4 is 5.32 Å². The summed E-state index contributed by atoms with van der Waals surface area (Å²) in [6.45, 7) is 6.90. The number of allylic oxidation sites excluding steroid dienone is 1. The number of rotatable bonds is 11. The third kappa shape index (κ3) is 6.82. The molecule has 0 bridgehead atoms. The second-order valence-electron chi connectivity index (χ2n) is 8.45. The summed E-state index contributed by atoms with van der Waals surface area (Å²) in [5.41, 5.74) is 5.16.